The van der Waals surface area contributed by atoms with Crippen LogP contribution in [-0.2, 0) is 25.3 Å². The fourth-order valence-corrected chi connectivity index (χ4v) is 4.47. The van der Waals surface area contributed by atoms with Crippen molar-refractivity contribution in [3.8, 4) is 0 Å². The largest absolute Gasteiger partial charge is 0.416 e. The van der Waals surface area contributed by atoms with Gasteiger partial charge in [0.25, 0.3) is 11.8 Å². The van der Waals surface area contributed by atoms with Crippen molar-refractivity contribution in [2.45, 2.75) is 25.3 Å². The minimum Gasteiger partial charge on any atom is -0.365 e. The van der Waals surface area contributed by atoms with Gasteiger partial charge >= 0.3 is 12.4 Å². The molecule has 0 unspecified atom stereocenters. The van der Waals surface area contributed by atoms with E-state index < -0.39 is 40.9 Å². The Labute approximate surface area is 170 Å². The standard InChI is InChI=1S/C18H15F6N3O2S/c1-27-3-2-11-12(7-27)30-16(13(11)14(25)28)26-15(29)8-4-9(17(19,20)21)6-10(5-8)18(22,23)24/h4-6H,2-3,7H2,1H3,(H2,25,28)(H,26,29). The molecule has 3 rings (SSSR count). The van der Waals surface area contributed by atoms with E-state index in [2.05, 4.69) is 5.32 Å². The van der Waals surface area contributed by atoms with Crippen molar-refractivity contribution in [1.29, 1.82) is 0 Å². The van der Waals surface area contributed by atoms with E-state index in [4.69, 9.17) is 5.73 Å². The van der Waals surface area contributed by atoms with Crippen LogP contribution in [0.2, 0.25) is 0 Å². The molecule has 1 aromatic heterocycles. The lowest BCUT2D eigenvalue weighted by Gasteiger charge is -2.22. The molecule has 30 heavy (non-hydrogen) atoms. The van der Waals surface area contributed by atoms with Crippen LogP contribution >= 0.6 is 11.3 Å². The molecule has 0 saturated heterocycles. The smallest absolute Gasteiger partial charge is 0.365 e. The van der Waals surface area contributed by atoms with Gasteiger partial charge < -0.3 is 16.0 Å². The molecule has 1 aliphatic rings. The zero-order valence-corrected chi connectivity index (χ0v) is 16.2. The monoisotopic (exact) mass is 451 g/mol. The van der Waals surface area contributed by atoms with Crippen LogP contribution in [0.25, 0.3) is 0 Å². The number of alkyl halides is 6. The Morgan fingerprint density at radius 2 is 1.63 bits per heavy atom. The minimum absolute atomic E-state index is 0.00114. The molecule has 0 fully saturated rings. The second-order valence-electron chi connectivity index (χ2n) is 6.81. The number of nitrogens with two attached hydrogens (primary N) is 1. The first-order valence-electron chi connectivity index (χ1n) is 8.51. The van der Waals surface area contributed by atoms with Crippen LogP contribution in [0, 0.1) is 0 Å². The summed E-state index contributed by atoms with van der Waals surface area (Å²) in [5.74, 6) is -2.05. The number of amides is 2. The number of anilines is 1. The summed E-state index contributed by atoms with van der Waals surface area (Å²) in [6.07, 6.45) is -9.69. The van der Waals surface area contributed by atoms with Crippen LogP contribution in [0.5, 0.6) is 0 Å². The number of primary amides is 1. The number of carbonyl (C=O) groups excluding carboxylic acids is 2. The number of nitrogens with one attached hydrogen (secondary N) is 1. The molecule has 162 valence electrons. The number of benzene rings is 1. The lowest BCUT2D eigenvalue weighted by molar-refractivity contribution is -0.143. The molecular weight excluding hydrogens is 436 g/mol. The number of fused-ring (bicyclic) bond motifs is 1. The Hall–Kier alpha value is -2.60. The van der Waals surface area contributed by atoms with Gasteiger partial charge in [0.2, 0.25) is 0 Å². The summed E-state index contributed by atoms with van der Waals surface area (Å²) in [5, 5.41) is 2.26. The molecule has 0 radical (unpaired) electrons. The molecular formula is C18H15F6N3O2S. The molecule has 5 nitrogen and oxygen atoms in total. The third-order valence-electron chi connectivity index (χ3n) is 4.57. The zero-order chi connectivity index (χ0) is 22.4. The summed E-state index contributed by atoms with van der Waals surface area (Å²) >= 11 is 1.02. The SMILES string of the molecule is CN1CCc2c(sc(NC(=O)c3cc(C(F)(F)F)cc(C(F)(F)F)c3)c2C(N)=O)C1. The van der Waals surface area contributed by atoms with Gasteiger partial charge in [-0.1, -0.05) is 0 Å². The summed E-state index contributed by atoms with van der Waals surface area (Å²) in [6, 6.07) is 0.594. The fraction of sp³-hybridized carbons (Fsp3) is 0.333. The lowest BCUT2D eigenvalue weighted by Crippen LogP contribution is -2.27. The van der Waals surface area contributed by atoms with E-state index in [-0.39, 0.29) is 16.6 Å². The molecule has 0 spiro atoms. The highest BCUT2D eigenvalue weighted by molar-refractivity contribution is 7.17. The quantitative estimate of drug-likeness (QED) is 0.690. The first kappa shape index (κ1) is 22.1. The number of carbonyl (C=O) groups is 2. The molecule has 1 aliphatic heterocycles. The van der Waals surface area contributed by atoms with Crippen LogP contribution in [0.4, 0.5) is 31.3 Å². The highest BCUT2D eigenvalue weighted by Crippen LogP contribution is 2.38. The molecule has 3 N–H and O–H groups in total. The molecule has 0 aliphatic carbocycles. The number of thiophene rings is 1. The number of rotatable bonds is 3. The van der Waals surface area contributed by atoms with Crippen molar-refractivity contribution in [3.63, 3.8) is 0 Å². The number of nitrogens with zero attached hydrogens (tertiary/aromatic N) is 1. The van der Waals surface area contributed by atoms with Crippen LogP contribution in [0.1, 0.15) is 42.3 Å². The second kappa shape index (κ2) is 7.58. The van der Waals surface area contributed by atoms with Crippen LogP contribution in [-0.4, -0.2) is 30.3 Å². The Morgan fingerprint density at radius 1 is 1.07 bits per heavy atom. The predicted octanol–water partition coefficient (Wildman–Crippen LogP) is 4.12. The summed E-state index contributed by atoms with van der Waals surface area (Å²) in [4.78, 5) is 27.1. The lowest BCUT2D eigenvalue weighted by atomic mass is 10.0. The van der Waals surface area contributed by atoms with E-state index in [1.165, 1.54) is 0 Å². The Morgan fingerprint density at radius 3 is 2.13 bits per heavy atom. The number of halogens is 6. The number of hydrogen-bond donors (Lipinski definition) is 2. The normalized spacial score (nSPS) is 15.0. The molecule has 12 heteroatoms. The van der Waals surface area contributed by atoms with Gasteiger partial charge in [-0.25, -0.2) is 0 Å². The van der Waals surface area contributed by atoms with Crippen molar-refractivity contribution < 1.29 is 35.9 Å². The maximum absolute atomic E-state index is 13.0. The van der Waals surface area contributed by atoms with Gasteiger partial charge in [-0.2, -0.15) is 26.3 Å². The number of hydrogen-bond acceptors (Lipinski definition) is 4. The van der Waals surface area contributed by atoms with E-state index in [1.54, 1.807) is 0 Å². The highest BCUT2D eigenvalue weighted by atomic mass is 32.1. The van der Waals surface area contributed by atoms with Crippen molar-refractivity contribution in [1.82, 2.24) is 4.90 Å². The maximum atomic E-state index is 13.0. The highest BCUT2D eigenvalue weighted by Gasteiger charge is 2.37. The number of likely N-dealkylation sites (N-methyl/N-ethyl adjacent to an activating group) is 1. The van der Waals surface area contributed by atoms with E-state index in [1.807, 2.05) is 11.9 Å². The topological polar surface area (TPSA) is 75.4 Å². The van der Waals surface area contributed by atoms with Crippen LogP contribution in [0.15, 0.2) is 18.2 Å². The molecule has 0 bridgehead atoms. The molecule has 1 aromatic carbocycles. The molecule has 0 saturated carbocycles. The van der Waals surface area contributed by atoms with E-state index in [9.17, 15) is 35.9 Å². The van der Waals surface area contributed by atoms with Crippen LogP contribution in [0.3, 0.4) is 0 Å². The third-order valence-corrected chi connectivity index (χ3v) is 5.70. The average molecular weight is 451 g/mol. The Bertz CT molecular complexity index is 980. The van der Waals surface area contributed by atoms with Crippen molar-refractivity contribution in [3.05, 3.63) is 50.9 Å². The van der Waals surface area contributed by atoms with Gasteiger partial charge in [0, 0.05) is 23.5 Å². The van der Waals surface area contributed by atoms with Crippen molar-refractivity contribution in [2.24, 2.45) is 5.73 Å². The van der Waals surface area contributed by atoms with Gasteiger partial charge in [0.1, 0.15) is 5.00 Å². The average Bonchev–Trinajstić information content (AvgIpc) is 2.96. The summed E-state index contributed by atoms with van der Waals surface area (Å²) in [5.41, 5.74) is 2.00. The molecule has 0 atom stereocenters. The summed E-state index contributed by atoms with van der Waals surface area (Å²) in [6.45, 7) is 1.10. The Kier molecular flexibility index (Phi) is 5.58. The van der Waals surface area contributed by atoms with Gasteiger partial charge in [-0.3, -0.25) is 9.59 Å². The van der Waals surface area contributed by atoms with Gasteiger partial charge in [-0.05, 0) is 37.2 Å². The van der Waals surface area contributed by atoms with Crippen molar-refractivity contribution in [2.75, 3.05) is 18.9 Å². The molecule has 2 aromatic rings. The fourth-order valence-electron chi connectivity index (χ4n) is 3.14. The van der Waals surface area contributed by atoms with E-state index in [0.29, 0.717) is 37.2 Å². The maximum Gasteiger partial charge on any atom is 0.416 e. The minimum atomic E-state index is -5.08. The van der Waals surface area contributed by atoms with Gasteiger partial charge in [-0.15, -0.1) is 11.3 Å². The predicted molar refractivity (Wildman–Crippen MR) is 97.3 cm³/mol. The second-order valence-corrected chi connectivity index (χ2v) is 7.91. The first-order valence-corrected chi connectivity index (χ1v) is 9.32. The molecule has 2 amide bonds. The van der Waals surface area contributed by atoms with E-state index in [0.717, 1.165) is 16.2 Å². The van der Waals surface area contributed by atoms with E-state index >= 15 is 0 Å². The zero-order valence-electron chi connectivity index (χ0n) is 15.4. The summed E-state index contributed by atoms with van der Waals surface area (Å²) in [7, 11) is 1.84. The van der Waals surface area contributed by atoms with Crippen molar-refractivity contribution >= 4 is 28.2 Å². The Balaban J connectivity index is 2.02. The van der Waals surface area contributed by atoms with Crippen LogP contribution < -0.4 is 11.1 Å². The van der Waals surface area contributed by atoms with Gasteiger partial charge in [0.05, 0.1) is 16.7 Å². The van der Waals surface area contributed by atoms with Gasteiger partial charge in [0.15, 0.2) is 0 Å². The molecule has 2 heterocycles. The summed E-state index contributed by atoms with van der Waals surface area (Å²) < 4.78 is 78.1. The third kappa shape index (κ3) is 4.43. The first-order chi connectivity index (χ1) is 13.8.